The lowest BCUT2D eigenvalue weighted by Gasteiger charge is -2.29. The number of hydrogen-bond donors (Lipinski definition) is 0. The van der Waals surface area contributed by atoms with E-state index in [1.807, 2.05) is 13.0 Å². The number of carbonyl (C=O) groups excluding carboxylic acids is 2. The molecular weight excluding hydrogens is 489 g/mol. The molecule has 192 valence electrons. The summed E-state index contributed by atoms with van der Waals surface area (Å²) in [5.74, 6) is -1.67. The molecule has 3 atom stereocenters. The highest BCUT2D eigenvalue weighted by molar-refractivity contribution is 6.23. The molecule has 0 unspecified atom stereocenters. The molecule has 7 nitrogen and oxygen atoms in total. The van der Waals surface area contributed by atoms with Gasteiger partial charge in [0.25, 0.3) is 5.91 Å². The topological polar surface area (TPSA) is 68.3 Å². The largest absolute Gasteiger partial charge is 0.573 e. The first kappa shape index (κ1) is 24.6. The molecule has 2 aliphatic heterocycles. The summed E-state index contributed by atoms with van der Waals surface area (Å²) in [6.45, 7) is 2.53. The summed E-state index contributed by atoms with van der Waals surface area (Å²) in [6.07, 6.45) is -5.08. The van der Waals surface area contributed by atoms with Crippen LogP contribution in [0.3, 0.4) is 0 Å². The van der Waals surface area contributed by atoms with Gasteiger partial charge in [-0.05, 0) is 60.5 Å². The van der Waals surface area contributed by atoms with Crippen molar-refractivity contribution in [1.29, 1.82) is 0 Å². The lowest BCUT2D eigenvalue weighted by molar-refractivity contribution is -0.274. The number of anilines is 2. The van der Waals surface area contributed by atoms with Crippen molar-refractivity contribution in [1.82, 2.24) is 0 Å². The number of rotatable bonds is 7. The van der Waals surface area contributed by atoms with Crippen LogP contribution in [0.15, 0.2) is 78.9 Å². The van der Waals surface area contributed by atoms with Gasteiger partial charge in [-0.25, -0.2) is 9.96 Å². The molecule has 0 N–H and O–H groups in total. The molecule has 0 bridgehead atoms. The van der Waals surface area contributed by atoms with Crippen molar-refractivity contribution in [2.75, 3.05) is 16.6 Å². The highest BCUT2D eigenvalue weighted by atomic mass is 19.4. The van der Waals surface area contributed by atoms with Gasteiger partial charge in [-0.3, -0.25) is 14.4 Å². The molecule has 0 aliphatic carbocycles. The Morgan fingerprint density at radius 2 is 1.49 bits per heavy atom. The summed E-state index contributed by atoms with van der Waals surface area (Å²) in [6, 6.07) is 20.0. The van der Waals surface area contributed by atoms with Crippen LogP contribution >= 0.6 is 0 Å². The number of halogens is 3. The Bertz CT molecular complexity index is 1270. The molecule has 5 rings (SSSR count). The van der Waals surface area contributed by atoms with Crippen LogP contribution in [0.5, 0.6) is 11.5 Å². The molecule has 2 amide bonds. The number of ether oxygens (including phenoxy) is 2. The van der Waals surface area contributed by atoms with Crippen molar-refractivity contribution in [3.8, 4) is 11.5 Å². The highest BCUT2D eigenvalue weighted by Crippen LogP contribution is 2.48. The van der Waals surface area contributed by atoms with E-state index in [1.54, 1.807) is 48.5 Å². The van der Waals surface area contributed by atoms with E-state index in [9.17, 15) is 22.8 Å². The lowest BCUT2D eigenvalue weighted by atomic mass is 9.90. The van der Waals surface area contributed by atoms with Crippen LogP contribution in [0, 0.1) is 5.92 Å². The summed E-state index contributed by atoms with van der Waals surface area (Å²) in [5.41, 5.74) is 1.48. The fraction of sp³-hybridized carbons (Fsp3) is 0.259. The first-order chi connectivity index (χ1) is 17.8. The zero-order chi connectivity index (χ0) is 26.2. The number of carbonyl (C=O) groups is 2. The van der Waals surface area contributed by atoms with Crippen LogP contribution in [0.2, 0.25) is 0 Å². The molecule has 37 heavy (non-hydrogen) atoms. The fourth-order valence-corrected chi connectivity index (χ4v) is 4.58. The number of para-hydroxylation sites is 1. The Kier molecular flexibility index (Phi) is 6.51. The summed E-state index contributed by atoms with van der Waals surface area (Å²) in [4.78, 5) is 34.2. The van der Waals surface area contributed by atoms with E-state index in [1.165, 1.54) is 29.3 Å². The van der Waals surface area contributed by atoms with Gasteiger partial charge in [-0.15, -0.1) is 13.2 Å². The second-order valence-corrected chi connectivity index (χ2v) is 8.63. The first-order valence-electron chi connectivity index (χ1n) is 11.7. The monoisotopic (exact) mass is 512 g/mol. The van der Waals surface area contributed by atoms with Gasteiger partial charge in [0.15, 0.2) is 6.10 Å². The van der Waals surface area contributed by atoms with Crippen LogP contribution in [0.1, 0.15) is 24.9 Å². The fourth-order valence-electron chi connectivity index (χ4n) is 4.58. The number of fused-ring (bicyclic) bond motifs is 1. The van der Waals surface area contributed by atoms with E-state index >= 15 is 0 Å². The Balaban J connectivity index is 1.47. The third-order valence-electron chi connectivity index (χ3n) is 6.15. The predicted molar refractivity (Wildman–Crippen MR) is 128 cm³/mol. The number of imide groups is 1. The van der Waals surface area contributed by atoms with Crippen LogP contribution in [0.25, 0.3) is 0 Å². The summed E-state index contributed by atoms with van der Waals surface area (Å²) in [7, 11) is 0. The Hall–Kier alpha value is -4.05. The summed E-state index contributed by atoms with van der Waals surface area (Å²) < 4.78 is 47.5. The maximum Gasteiger partial charge on any atom is 0.573 e. The zero-order valence-corrected chi connectivity index (χ0v) is 19.7. The van der Waals surface area contributed by atoms with Crippen LogP contribution < -0.4 is 19.4 Å². The quantitative estimate of drug-likeness (QED) is 0.394. The Labute approximate surface area is 210 Å². The number of nitrogens with zero attached hydrogens (tertiary/aromatic N) is 2. The molecular formula is C27H23F3N2O5. The smallest absolute Gasteiger partial charge is 0.494 e. The van der Waals surface area contributed by atoms with Crippen molar-refractivity contribution in [2.45, 2.75) is 31.9 Å². The van der Waals surface area contributed by atoms with Gasteiger partial charge < -0.3 is 9.47 Å². The van der Waals surface area contributed by atoms with Gasteiger partial charge >= 0.3 is 6.36 Å². The molecule has 0 spiro atoms. The molecule has 3 aromatic carbocycles. The molecule has 10 heteroatoms. The first-order valence-corrected chi connectivity index (χ1v) is 11.7. The van der Waals surface area contributed by atoms with E-state index in [2.05, 4.69) is 4.74 Å². The molecule has 2 saturated heterocycles. The van der Waals surface area contributed by atoms with E-state index in [0.717, 1.165) is 11.3 Å². The van der Waals surface area contributed by atoms with Gasteiger partial charge in [0, 0.05) is 0 Å². The number of benzene rings is 3. The van der Waals surface area contributed by atoms with Gasteiger partial charge in [-0.1, -0.05) is 37.3 Å². The van der Waals surface area contributed by atoms with Crippen LogP contribution in [-0.2, 0) is 14.4 Å². The molecule has 0 saturated carbocycles. The minimum Gasteiger partial charge on any atom is -0.494 e. The lowest BCUT2D eigenvalue weighted by Crippen LogP contribution is -2.37. The van der Waals surface area contributed by atoms with Gasteiger partial charge in [-0.2, -0.15) is 0 Å². The maximum atomic E-state index is 13.7. The third-order valence-corrected chi connectivity index (χ3v) is 6.15. The average molecular weight is 512 g/mol. The van der Waals surface area contributed by atoms with Gasteiger partial charge in [0.2, 0.25) is 5.91 Å². The van der Waals surface area contributed by atoms with E-state index in [0.29, 0.717) is 29.3 Å². The molecule has 0 radical (unpaired) electrons. The number of amides is 2. The van der Waals surface area contributed by atoms with Gasteiger partial charge in [0.1, 0.15) is 17.4 Å². The normalized spacial score (nSPS) is 21.4. The summed E-state index contributed by atoms with van der Waals surface area (Å²) in [5, 5.41) is 1.48. The van der Waals surface area contributed by atoms with Crippen molar-refractivity contribution < 1.29 is 37.1 Å². The summed E-state index contributed by atoms with van der Waals surface area (Å²) >= 11 is 0. The number of hydrogen-bond acceptors (Lipinski definition) is 6. The average Bonchev–Trinajstić information content (AvgIpc) is 3.39. The van der Waals surface area contributed by atoms with Crippen LogP contribution in [0.4, 0.5) is 24.5 Å². The van der Waals surface area contributed by atoms with Crippen molar-refractivity contribution in [3.05, 3.63) is 84.4 Å². The minimum absolute atomic E-state index is 0.385. The number of hydroxylamine groups is 1. The molecule has 2 fully saturated rings. The van der Waals surface area contributed by atoms with E-state index in [-0.39, 0.29) is 5.75 Å². The molecule has 0 aromatic heterocycles. The molecule has 3 aromatic rings. The Morgan fingerprint density at radius 3 is 2.11 bits per heavy atom. The SMILES string of the molecule is CCCOc1ccc(N2C(=O)[C@@H]3[C@H](ON(c4ccccc4)[C@H]3c3ccc(OC(F)(F)F)cc3)C2=O)cc1. The van der Waals surface area contributed by atoms with E-state index < -0.39 is 36.2 Å². The van der Waals surface area contributed by atoms with Crippen LogP contribution in [-0.4, -0.2) is 30.9 Å². The third kappa shape index (κ3) is 4.84. The van der Waals surface area contributed by atoms with E-state index in [4.69, 9.17) is 9.57 Å². The second-order valence-electron chi connectivity index (χ2n) is 8.63. The second kappa shape index (κ2) is 9.78. The molecule has 2 heterocycles. The number of alkyl halides is 3. The maximum absolute atomic E-state index is 13.7. The Morgan fingerprint density at radius 1 is 0.838 bits per heavy atom. The minimum atomic E-state index is -4.83. The standard InChI is InChI=1S/C27H23F3N2O5/c1-2-16-35-20-14-10-18(11-15-20)31-25(33)22-23(17-8-12-21(13-9-17)36-27(28,29)30)32(37-24(22)26(31)34)19-6-4-3-5-7-19/h3-15,22-24H,2,16H2,1H3/t22-,23-,24-/m0/s1. The van der Waals surface area contributed by atoms with Crippen molar-refractivity contribution in [2.24, 2.45) is 5.92 Å². The van der Waals surface area contributed by atoms with Crippen molar-refractivity contribution in [3.63, 3.8) is 0 Å². The highest BCUT2D eigenvalue weighted by Gasteiger charge is 2.60. The van der Waals surface area contributed by atoms with Crippen molar-refractivity contribution >= 4 is 23.2 Å². The predicted octanol–water partition coefficient (Wildman–Crippen LogP) is 5.43. The molecule has 2 aliphatic rings. The zero-order valence-electron chi connectivity index (χ0n) is 19.7. The van der Waals surface area contributed by atoms with Gasteiger partial charge in [0.05, 0.1) is 24.0 Å².